The van der Waals surface area contributed by atoms with Gasteiger partial charge in [-0.2, -0.15) is 0 Å². The highest BCUT2D eigenvalue weighted by Gasteiger charge is 2.09. The Labute approximate surface area is 103 Å². The first-order valence-electron chi connectivity index (χ1n) is 6.44. The molecule has 1 aliphatic heterocycles. The Balaban J connectivity index is 1.77. The molecule has 4 nitrogen and oxygen atoms in total. The maximum absolute atomic E-state index is 5.90. The molecule has 4 heteroatoms. The van der Waals surface area contributed by atoms with Crippen molar-refractivity contribution in [2.75, 3.05) is 37.2 Å². The Morgan fingerprint density at radius 2 is 2.12 bits per heavy atom. The van der Waals surface area contributed by atoms with Crippen molar-refractivity contribution >= 4 is 11.5 Å². The molecule has 0 atom stereocenters. The standard InChI is InChI=1S/C13H22N4/c1-11-9-12(14)13(16-10-11)15-5-8-17-6-3-2-4-7-17/h9-10H,2-8,14H2,1H3,(H,15,16). The summed E-state index contributed by atoms with van der Waals surface area (Å²) in [5.74, 6) is 0.813. The molecule has 0 saturated carbocycles. The molecular weight excluding hydrogens is 212 g/mol. The van der Waals surface area contributed by atoms with Gasteiger partial charge in [-0.15, -0.1) is 0 Å². The number of hydrogen-bond acceptors (Lipinski definition) is 4. The first-order chi connectivity index (χ1) is 8.25. The molecule has 94 valence electrons. The third kappa shape index (κ3) is 3.60. The Morgan fingerprint density at radius 1 is 1.35 bits per heavy atom. The van der Waals surface area contributed by atoms with Crippen molar-refractivity contribution in [3.63, 3.8) is 0 Å². The lowest BCUT2D eigenvalue weighted by molar-refractivity contribution is 0.237. The van der Waals surface area contributed by atoms with Crippen molar-refractivity contribution in [1.29, 1.82) is 0 Å². The number of piperidine rings is 1. The van der Waals surface area contributed by atoms with Gasteiger partial charge in [0.15, 0.2) is 0 Å². The second-order valence-corrected chi connectivity index (χ2v) is 4.78. The van der Waals surface area contributed by atoms with Gasteiger partial charge in [0, 0.05) is 19.3 Å². The zero-order valence-corrected chi connectivity index (χ0v) is 10.6. The van der Waals surface area contributed by atoms with Crippen molar-refractivity contribution in [2.24, 2.45) is 0 Å². The minimum atomic E-state index is 0.739. The van der Waals surface area contributed by atoms with Crippen molar-refractivity contribution < 1.29 is 0 Å². The summed E-state index contributed by atoms with van der Waals surface area (Å²) in [5.41, 5.74) is 7.74. The van der Waals surface area contributed by atoms with Gasteiger partial charge in [0.05, 0.1) is 5.69 Å². The predicted molar refractivity (Wildman–Crippen MR) is 72.2 cm³/mol. The van der Waals surface area contributed by atoms with Gasteiger partial charge in [-0.25, -0.2) is 4.98 Å². The van der Waals surface area contributed by atoms with E-state index in [1.165, 1.54) is 32.4 Å². The molecule has 0 bridgehead atoms. The van der Waals surface area contributed by atoms with Crippen LogP contribution in [0.15, 0.2) is 12.3 Å². The fourth-order valence-corrected chi connectivity index (χ4v) is 2.25. The van der Waals surface area contributed by atoms with Gasteiger partial charge < -0.3 is 16.0 Å². The number of aryl methyl sites for hydroxylation is 1. The molecule has 0 aliphatic carbocycles. The zero-order valence-electron chi connectivity index (χ0n) is 10.6. The van der Waals surface area contributed by atoms with Crippen LogP contribution in [0.4, 0.5) is 11.5 Å². The fraction of sp³-hybridized carbons (Fsp3) is 0.615. The molecule has 17 heavy (non-hydrogen) atoms. The molecule has 2 rings (SSSR count). The lowest BCUT2D eigenvalue weighted by atomic mass is 10.1. The summed E-state index contributed by atoms with van der Waals surface area (Å²) in [4.78, 5) is 6.81. The van der Waals surface area contributed by atoms with Crippen LogP contribution in [-0.4, -0.2) is 36.1 Å². The summed E-state index contributed by atoms with van der Waals surface area (Å²) >= 11 is 0. The normalized spacial score (nSPS) is 17.0. The SMILES string of the molecule is Cc1cnc(NCCN2CCCCC2)c(N)c1. The first kappa shape index (κ1) is 12.2. The van der Waals surface area contributed by atoms with Gasteiger partial charge in [0.2, 0.25) is 0 Å². The molecule has 2 heterocycles. The van der Waals surface area contributed by atoms with Crippen LogP contribution in [-0.2, 0) is 0 Å². The van der Waals surface area contributed by atoms with Gasteiger partial charge in [0.25, 0.3) is 0 Å². The van der Waals surface area contributed by atoms with E-state index in [0.717, 1.165) is 30.2 Å². The van der Waals surface area contributed by atoms with Crippen LogP contribution >= 0.6 is 0 Å². The quantitative estimate of drug-likeness (QED) is 0.835. The van der Waals surface area contributed by atoms with E-state index in [-0.39, 0.29) is 0 Å². The lowest BCUT2D eigenvalue weighted by Crippen LogP contribution is -2.33. The van der Waals surface area contributed by atoms with E-state index in [4.69, 9.17) is 5.73 Å². The highest BCUT2D eigenvalue weighted by molar-refractivity contribution is 5.61. The van der Waals surface area contributed by atoms with Crippen LogP contribution in [0.3, 0.4) is 0 Å². The molecule has 3 N–H and O–H groups in total. The number of pyridine rings is 1. The Hall–Kier alpha value is -1.29. The number of nitrogens with two attached hydrogens (primary N) is 1. The van der Waals surface area contributed by atoms with E-state index in [1.54, 1.807) is 0 Å². The second-order valence-electron chi connectivity index (χ2n) is 4.78. The summed E-state index contributed by atoms with van der Waals surface area (Å²) in [6.45, 7) is 6.47. The number of rotatable bonds is 4. The number of anilines is 2. The topological polar surface area (TPSA) is 54.2 Å². The number of nitrogens with one attached hydrogen (secondary N) is 1. The predicted octanol–water partition coefficient (Wildman–Crippen LogP) is 1.87. The average molecular weight is 234 g/mol. The molecular formula is C13H22N4. The summed E-state index contributed by atoms with van der Waals surface area (Å²) in [6, 6.07) is 1.95. The summed E-state index contributed by atoms with van der Waals surface area (Å²) in [5, 5.41) is 3.31. The molecule has 1 fully saturated rings. The van der Waals surface area contributed by atoms with Crippen LogP contribution in [0.25, 0.3) is 0 Å². The van der Waals surface area contributed by atoms with E-state index in [9.17, 15) is 0 Å². The third-order valence-electron chi connectivity index (χ3n) is 3.22. The summed E-state index contributed by atoms with van der Waals surface area (Å²) in [6.07, 6.45) is 5.91. The lowest BCUT2D eigenvalue weighted by Gasteiger charge is -2.26. The maximum Gasteiger partial charge on any atom is 0.149 e. The van der Waals surface area contributed by atoms with Gasteiger partial charge in [0.1, 0.15) is 5.82 Å². The van der Waals surface area contributed by atoms with E-state index in [0.29, 0.717) is 0 Å². The smallest absolute Gasteiger partial charge is 0.149 e. The van der Waals surface area contributed by atoms with Crippen LogP contribution in [0.2, 0.25) is 0 Å². The second kappa shape index (κ2) is 5.87. The average Bonchev–Trinajstić information content (AvgIpc) is 2.33. The fourth-order valence-electron chi connectivity index (χ4n) is 2.25. The van der Waals surface area contributed by atoms with E-state index >= 15 is 0 Å². The number of nitrogen functional groups attached to an aromatic ring is 1. The summed E-state index contributed by atoms with van der Waals surface area (Å²) in [7, 11) is 0. The first-order valence-corrected chi connectivity index (χ1v) is 6.44. The van der Waals surface area contributed by atoms with Crippen LogP contribution in [0.1, 0.15) is 24.8 Å². The summed E-state index contributed by atoms with van der Waals surface area (Å²) < 4.78 is 0. The number of nitrogens with zero attached hydrogens (tertiary/aromatic N) is 2. The van der Waals surface area contributed by atoms with Crippen LogP contribution < -0.4 is 11.1 Å². The zero-order chi connectivity index (χ0) is 12.1. The highest BCUT2D eigenvalue weighted by atomic mass is 15.1. The third-order valence-corrected chi connectivity index (χ3v) is 3.22. The van der Waals surface area contributed by atoms with Crippen molar-refractivity contribution in [2.45, 2.75) is 26.2 Å². The molecule has 0 radical (unpaired) electrons. The number of hydrogen-bond donors (Lipinski definition) is 2. The van der Waals surface area contributed by atoms with Crippen molar-refractivity contribution in [3.05, 3.63) is 17.8 Å². The van der Waals surface area contributed by atoms with E-state index < -0.39 is 0 Å². The Morgan fingerprint density at radius 3 is 2.82 bits per heavy atom. The molecule has 0 aromatic carbocycles. The number of aromatic nitrogens is 1. The Bertz CT molecular complexity index is 358. The highest BCUT2D eigenvalue weighted by Crippen LogP contribution is 2.15. The molecule has 0 unspecified atom stereocenters. The maximum atomic E-state index is 5.90. The minimum absolute atomic E-state index is 0.739. The van der Waals surface area contributed by atoms with E-state index in [2.05, 4.69) is 15.2 Å². The minimum Gasteiger partial charge on any atom is -0.396 e. The van der Waals surface area contributed by atoms with Crippen LogP contribution in [0, 0.1) is 6.92 Å². The molecule has 1 aliphatic rings. The molecule has 1 aromatic rings. The number of likely N-dealkylation sites (tertiary alicyclic amines) is 1. The largest absolute Gasteiger partial charge is 0.396 e. The monoisotopic (exact) mass is 234 g/mol. The van der Waals surface area contributed by atoms with E-state index in [1.807, 2.05) is 19.2 Å². The van der Waals surface area contributed by atoms with Gasteiger partial charge >= 0.3 is 0 Å². The van der Waals surface area contributed by atoms with Gasteiger partial charge in [-0.3, -0.25) is 0 Å². The van der Waals surface area contributed by atoms with Crippen molar-refractivity contribution in [3.8, 4) is 0 Å². The Kier molecular flexibility index (Phi) is 4.20. The van der Waals surface area contributed by atoms with Gasteiger partial charge in [-0.05, 0) is 44.5 Å². The van der Waals surface area contributed by atoms with Gasteiger partial charge in [-0.1, -0.05) is 6.42 Å². The molecule has 0 amide bonds. The van der Waals surface area contributed by atoms with Crippen LogP contribution in [0.5, 0.6) is 0 Å². The molecule has 1 aromatic heterocycles. The van der Waals surface area contributed by atoms with Crippen molar-refractivity contribution in [1.82, 2.24) is 9.88 Å². The molecule has 0 spiro atoms. The molecule has 1 saturated heterocycles.